The van der Waals surface area contributed by atoms with E-state index < -0.39 is 17.4 Å². The molecule has 0 aromatic heterocycles. The molecule has 0 saturated heterocycles. The summed E-state index contributed by atoms with van der Waals surface area (Å²) >= 11 is -4.40. The Morgan fingerprint density at radius 1 is 0.359 bits per heavy atom. The summed E-state index contributed by atoms with van der Waals surface area (Å²) in [6.07, 6.45) is 7.18. The van der Waals surface area contributed by atoms with E-state index in [1.54, 1.807) is 11.1 Å². The topological polar surface area (TPSA) is 0 Å². The number of hydrogen-bond acceptors (Lipinski definition) is 0. The van der Waals surface area contributed by atoms with Gasteiger partial charge in [0.25, 0.3) is 0 Å². The summed E-state index contributed by atoms with van der Waals surface area (Å²) in [4.78, 5) is 0. The second-order valence-corrected chi connectivity index (χ2v) is 50.5. The Kier molecular flexibility index (Phi) is 11.0. The molecule has 2 aliphatic rings. The summed E-state index contributed by atoms with van der Waals surface area (Å²) in [6.45, 7) is 11.3. The summed E-state index contributed by atoms with van der Waals surface area (Å²) in [5, 5.41) is 0. The van der Waals surface area contributed by atoms with Crippen LogP contribution in [0.25, 0.3) is 56.7 Å². The van der Waals surface area contributed by atoms with Gasteiger partial charge in [-0.25, -0.2) is 0 Å². The molecule has 0 fully saturated rings. The molecule has 2 aliphatic carbocycles. The Balaban J connectivity index is 1.29. The van der Waals surface area contributed by atoms with Crippen LogP contribution in [0.1, 0.15) is 62.9 Å². The van der Waals surface area contributed by atoms with E-state index in [2.05, 4.69) is 238 Å². The molecule has 10 rings (SSSR count). The Morgan fingerprint density at radius 3 is 0.953 bits per heavy atom. The van der Waals surface area contributed by atoms with Crippen molar-refractivity contribution in [3.63, 3.8) is 0 Å². The normalized spacial score (nSPS) is 15.7. The van der Waals surface area contributed by atoms with Crippen LogP contribution in [0.3, 0.4) is 0 Å². The molecule has 0 amide bonds. The van der Waals surface area contributed by atoms with Crippen LogP contribution in [0.5, 0.6) is 0 Å². The van der Waals surface area contributed by atoms with Crippen molar-refractivity contribution in [3.05, 3.63) is 249 Å². The minimum absolute atomic E-state index is 0.278. The number of hydrogen-bond donors (Lipinski definition) is 0. The maximum absolute atomic E-state index is 4.40. The van der Waals surface area contributed by atoms with Crippen LogP contribution in [-0.4, -0.2) is 6.88 Å². The molecule has 0 radical (unpaired) electrons. The van der Waals surface area contributed by atoms with Gasteiger partial charge in [-0.05, 0) is 0 Å². The minimum atomic E-state index is -4.40. The zero-order valence-corrected chi connectivity index (χ0v) is 42.1. The van der Waals surface area contributed by atoms with Crippen molar-refractivity contribution in [1.29, 1.82) is 0 Å². The molecular formula is C62H58SiZr. The number of rotatable bonds is 10. The fourth-order valence-electron chi connectivity index (χ4n) is 11.4. The van der Waals surface area contributed by atoms with E-state index in [1.165, 1.54) is 100 Å². The zero-order chi connectivity index (χ0) is 44.2. The van der Waals surface area contributed by atoms with E-state index in [4.69, 9.17) is 0 Å². The fraction of sp³-hybridized carbons (Fsp3) is 0.161. The first kappa shape index (κ1) is 42.3. The number of benzene rings is 8. The van der Waals surface area contributed by atoms with Crippen LogP contribution >= 0.6 is 0 Å². The number of allylic oxidation sites excluding steroid dienone is 2. The van der Waals surface area contributed by atoms with Gasteiger partial charge in [0, 0.05) is 0 Å². The third-order valence-corrected chi connectivity index (χ3v) is 31.8. The van der Waals surface area contributed by atoms with E-state index in [0.717, 1.165) is 12.8 Å². The molecule has 0 heterocycles. The van der Waals surface area contributed by atoms with Gasteiger partial charge in [0.1, 0.15) is 0 Å². The molecule has 2 unspecified atom stereocenters. The molecule has 0 aliphatic heterocycles. The summed E-state index contributed by atoms with van der Waals surface area (Å²) in [6, 6.07) is 69.4. The van der Waals surface area contributed by atoms with Crippen LogP contribution in [-0.2, 0) is 30.2 Å². The van der Waals surface area contributed by atoms with E-state index in [-0.39, 0.29) is 7.25 Å². The third kappa shape index (κ3) is 7.84. The SMILES string of the molecule is Cc1ccc(-c2ccc(-c3ccc(C)cc3)c3c2C=C(Cc2ccccc2)[CH]3[Zr]([CH3])([CH3])(=[SiH2])[CH]2C(Cc3ccccc3)=Cc3c(-c4ccc(C)cc4)ccc(-c4ccc(C)cc4)c32)cc1. The van der Waals surface area contributed by atoms with Gasteiger partial charge < -0.3 is 0 Å². The van der Waals surface area contributed by atoms with Gasteiger partial charge in [0.2, 0.25) is 0 Å². The predicted octanol–water partition coefficient (Wildman–Crippen LogP) is 16.0. The van der Waals surface area contributed by atoms with Crippen molar-refractivity contribution in [2.75, 3.05) is 0 Å². The molecule has 0 bridgehead atoms. The van der Waals surface area contributed by atoms with Gasteiger partial charge >= 0.3 is 387 Å². The van der Waals surface area contributed by atoms with E-state index in [0.29, 0.717) is 0 Å². The van der Waals surface area contributed by atoms with Gasteiger partial charge in [-0.3, -0.25) is 0 Å². The first-order chi connectivity index (χ1) is 30.9. The fourth-order valence-corrected chi connectivity index (χ4v) is 30.8. The third-order valence-electron chi connectivity index (χ3n) is 14.4. The van der Waals surface area contributed by atoms with Gasteiger partial charge in [0.15, 0.2) is 0 Å². The van der Waals surface area contributed by atoms with E-state index >= 15 is 0 Å². The van der Waals surface area contributed by atoms with Crippen molar-refractivity contribution in [2.24, 2.45) is 0 Å². The molecule has 314 valence electrons. The van der Waals surface area contributed by atoms with E-state index in [9.17, 15) is 0 Å². The van der Waals surface area contributed by atoms with Crippen LogP contribution in [0.2, 0.25) is 9.26 Å². The second-order valence-electron chi connectivity index (χ2n) is 20.0. The molecule has 0 saturated carbocycles. The Labute approximate surface area is 384 Å². The average molecular weight is 922 g/mol. The van der Waals surface area contributed by atoms with Gasteiger partial charge in [-0.2, -0.15) is 0 Å². The molecule has 0 spiro atoms. The van der Waals surface area contributed by atoms with Crippen molar-refractivity contribution < 1.29 is 17.4 Å². The van der Waals surface area contributed by atoms with E-state index in [1.807, 2.05) is 0 Å². The first-order valence-electron chi connectivity index (χ1n) is 23.1. The van der Waals surface area contributed by atoms with Crippen LogP contribution in [0.15, 0.2) is 193 Å². The zero-order valence-electron chi connectivity index (χ0n) is 38.3. The predicted molar refractivity (Wildman–Crippen MR) is 276 cm³/mol. The summed E-state index contributed by atoms with van der Waals surface area (Å²) in [7, 11) is 0. The van der Waals surface area contributed by atoms with Crippen molar-refractivity contribution in [3.8, 4) is 44.5 Å². The van der Waals surface area contributed by atoms with Gasteiger partial charge in [0.05, 0.1) is 0 Å². The average Bonchev–Trinajstić information content (AvgIpc) is 3.88. The molecule has 64 heavy (non-hydrogen) atoms. The second kappa shape index (κ2) is 16.7. The summed E-state index contributed by atoms with van der Waals surface area (Å²) < 4.78 is 6.24. The first-order valence-corrected chi connectivity index (χ1v) is 36.8. The van der Waals surface area contributed by atoms with Crippen molar-refractivity contribution in [1.82, 2.24) is 0 Å². The molecule has 0 N–H and O–H groups in total. The standard InChI is InChI=1S/2C30H25.2CH3.H2Si.Zr/c2*1-21-8-12-25(13-9-21)27-16-17-28(26-14-10-22(2)11-15-26)30-20-24(19-29(27)30)18-23-6-4-3-5-7-23;;;;/h2*3-17,19-20H,18H2,1-2H3;2*1H3;1H2;. The van der Waals surface area contributed by atoms with Crippen LogP contribution in [0.4, 0.5) is 0 Å². The summed E-state index contributed by atoms with van der Waals surface area (Å²) in [5.41, 5.74) is 27.5. The van der Waals surface area contributed by atoms with Crippen molar-refractivity contribution in [2.45, 2.75) is 57.1 Å². The molecule has 2 heteroatoms. The van der Waals surface area contributed by atoms with Crippen LogP contribution in [0, 0.1) is 27.7 Å². The molecule has 0 nitrogen and oxygen atoms in total. The summed E-state index contributed by atoms with van der Waals surface area (Å²) in [5.74, 6) is 0. The number of fused-ring (bicyclic) bond motifs is 2. The van der Waals surface area contributed by atoms with Gasteiger partial charge in [-0.1, -0.05) is 0 Å². The molecule has 2 atom stereocenters. The van der Waals surface area contributed by atoms with Crippen molar-refractivity contribution >= 4 is 19.0 Å². The Bertz CT molecular complexity index is 2950. The molecule has 8 aromatic carbocycles. The number of aryl methyl sites for hydroxylation is 4. The van der Waals surface area contributed by atoms with Crippen LogP contribution < -0.4 is 0 Å². The Hall–Kier alpha value is -5.66. The quantitative estimate of drug-likeness (QED) is 0.120. The monoisotopic (exact) mass is 920 g/mol. The van der Waals surface area contributed by atoms with Gasteiger partial charge in [-0.15, -0.1) is 0 Å². The maximum atomic E-state index is 2.84. The molecular weight excluding hydrogens is 864 g/mol. The Morgan fingerprint density at radius 2 is 0.641 bits per heavy atom. The molecule has 8 aromatic rings.